The first-order chi connectivity index (χ1) is 14.5. The molecule has 1 aromatic heterocycles. The van der Waals surface area contributed by atoms with Gasteiger partial charge in [0.2, 0.25) is 10.0 Å². The van der Waals surface area contributed by atoms with Crippen molar-refractivity contribution in [1.29, 1.82) is 0 Å². The van der Waals surface area contributed by atoms with E-state index in [4.69, 9.17) is 0 Å². The van der Waals surface area contributed by atoms with E-state index in [1.165, 1.54) is 21.4 Å². The van der Waals surface area contributed by atoms with Crippen molar-refractivity contribution in [2.45, 2.75) is 30.6 Å². The van der Waals surface area contributed by atoms with Gasteiger partial charge < -0.3 is 5.32 Å². The Bertz CT molecular complexity index is 1120. The first-order valence-electron chi connectivity index (χ1n) is 9.79. The summed E-state index contributed by atoms with van der Waals surface area (Å²) < 4.78 is 29.0. The fourth-order valence-corrected chi connectivity index (χ4v) is 5.00. The number of hydrogen-bond acceptors (Lipinski definition) is 6. The van der Waals surface area contributed by atoms with Crippen LogP contribution in [0.1, 0.15) is 36.0 Å². The number of aromatic nitrogens is 4. The molecular weight excluding hydrogens is 404 g/mol. The largest absolute Gasteiger partial charge is 0.322 e. The van der Waals surface area contributed by atoms with E-state index in [0.717, 1.165) is 25.7 Å². The molecule has 10 heteroatoms. The van der Waals surface area contributed by atoms with Gasteiger partial charge in [-0.15, -0.1) is 5.10 Å². The molecule has 1 N–H and O–H groups in total. The normalized spacial score (nSPS) is 15.5. The summed E-state index contributed by atoms with van der Waals surface area (Å²) in [5.41, 5.74) is 1.47. The molecule has 2 aromatic carbocycles. The second-order valence-corrected chi connectivity index (χ2v) is 9.04. The number of anilines is 1. The van der Waals surface area contributed by atoms with Gasteiger partial charge in [-0.05, 0) is 59.7 Å². The predicted molar refractivity (Wildman–Crippen MR) is 111 cm³/mol. The number of carbonyl (C=O) groups is 1. The van der Waals surface area contributed by atoms with Crippen molar-refractivity contribution in [3.8, 4) is 5.69 Å². The molecule has 0 radical (unpaired) electrons. The van der Waals surface area contributed by atoms with Crippen LogP contribution in [0.15, 0.2) is 59.8 Å². The summed E-state index contributed by atoms with van der Waals surface area (Å²) in [6.45, 7) is 1.06. The molecule has 1 aliphatic rings. The van der Waals surface area contributed by atoms with Gasteiger partial charge >= 0.3 is 0 Å². The summed E-state index contributed by atoms with van der Waals surface area (Å²) >= 11 is 0. The van der Waals surface area contributed by atoms with Crippen LogP contribution in [0.4, 0.5) is 5.69 Å². The topological polar surface area (TPSA) is 110 Å². The number of carbonyl (C=O) groups excluding carboxylic acids is 1. The van der Waals surface area contributed by atoms with Crippen LogP contribution in [0.3, 0.4) is 0 Å². The molecule has 9 nitrogen and oxygen atoms in total. The zero-order valence-electron chi connectivity index (χ0n) is 16.3. The third-order valence-corrected chi connectivity index (χ3v) is 6.91. The summed E-state index contributed by atoms with van der Waals surface area (Å²) in [7, 11) is -3.59. The van der Waals surface area contributed by atoms with E-state index in [-0.39, 0.29) is 10.8 Å². The maximum Gasteiger partial charge on any atom is 0.255 e. The van der Waals surface area contributed by atoms with E-state index >= 15 is 0 Å². The average molecular weight is 427 g/mol. The monoisotopic (exact) mass is 426 g/mol. The molecule has 0 aliphatic carbocycles. The van der Waals surface area contributed by atoms with Crippen molar-refractivity contribution in [3.63, 3.8) is 0 Å². The number of amides is 1. The summed E-state index contributed by atoms with van der Waals surface area (Å²) in [6.07, 6.45) is 5.27. The number of rotatable bonds is 5. The molecule has 4 rings (SSSR count). The molecule has 30 heavy (non-hydrogen) atoms. The van der Waals surface area contributed by atoms with Gasteiger partial charge in [-0.25, -0.2) is 13.1 Å². The zero-order chi connectivity index (χ0) is 21.0. The zero-order valence-corrected chi connectivity index (χ0v) is 17.1. The van der Waals surface area contributed by atoms with Crippen LogP contribution in [-0.4, -0.2) is 51.9 Å². The Balaban J connectivity index is 1.53. The maximum atomic E-state index is 13.0. The highest BCUT2D eigenvalue weighted by molar-refractivity contribution is 7.89. The molecule has 156 valence electrons. The van der Waals surface area contributed by atoms with Crippen molar-refractivity contribution in [1.82, 2.24) is 24.5 Å². The third-order valence-electron chi connectivity index (χ3n) is 5.02. The Kier molecular flexibility index (Phi) is 5.86. The molecule has 0 saturated carbocycles. The van der Waals surface area contributed by atoms with Crippen molar-refractivity contribution < 1.29 is 13.2 Å². The van der Waals surface area contributed by atoms with E-state index in [1.54, 1.807) is 42.5 Å². The van der Waals surface area contributed by atoms with Crippen molar-refractivity contribution in [2.75, 3.05) is 18.4 Å². The van der Waals surface area contributed by atoms with Gasteiger partial charge in [0, 0.05) is 24.3 Å². The van der Waals surface area contributed by atoms with Crippen LogP contribution >= 0.6 is 0 Å². The standard InChI is InChI=1S/C20H22N6O3S/c27-20(16-7-5-9-18(13-16)26-15-21-23-24-26)22-17-8-6-10-19(14-17)30(28,29)25-11-3-1-2-4-12-25/h5-10,13-15H,1-4,11-12H2,(H,22,27). The fraction of sp³-hybridized carbons (Fsp3) is 0.300. The molecule has 0 atom stereocenters. The maximum absolute atomic E-state index is 13.0. The molecule has 1 saturated heterocycles. The Morgan fingerprint density at radius 3 is 2.47 bits per heavy atom. The van der Waals surface area contributed by atoms with Crippen LogP contribution < -0.4 is 5.32 Å². The number of sulfonamides is 1. The quantitative estimate of drug-likeness (QED) is 0.671. The Hall–Kier alpha value is -3.11. The molecule has 1 aliphatic heterocycles. The lowest BCUT2D eigenvalue weighted by molar-refractivity contribution is 0.102. The minimum atomic E-state index is -3.59. The molecule has 1 fully saturated rings. The van der Waals surface area contributed by atoms with Gasteiger partial charge in [0.15, 0.2) is 0 Å². The minimum absolute atomic E-state index is 0.185. The summed E-state index contributed by atoms with van der Waals surface area (Å²) in [6, 6.07) is 13.2. The van der Waals surface area contributed by atoms with Crippen LogP contribution in [0, 0.1) is 0 Å². The second-order valence-electron chi connectivity index (χ2n) is 7.10. The molecule has 2 heterocycles. The summed E-state index contributed by atoms with van der Waals surface area (Å²) in [5, 5.41) is 13.8. The van der Waals surface area contributed by atoms with Crippen molar-refractivity contribution in [3.05, 3.63) is 60.4 Å². The van der Waals surface area contributed by atoms with E-state index in [1.807, 2.05) is 0 Å². The Morgan fingerprint density at radius 2 is 1.73 bits per heavy atom. The molecule has 3 aromatic rings. The van der Waals surface area contributed by atoms with E-state index in [9.17, 15) is 13.2 Å². The van der Waals surface area contributed by atoms with Crippen molar-refractivity contribution in [2.24, 2.45) is 0 Å². The molecule has 0 spiro atoms. The van der Waals surface area contributed by atoms with Crippen LogP contribution in [-0.2, 0) is 10.0 Å². The van der Waals surface area contributed by atoms with Crippen molar-refractivity contribution >= 4 is 21.6 Å². The van der Waals surface area contributed by atoms with E-state index < -0.39 is 10.0 Å². The predicted octanol–water partition coefficient (Wildman–Crippen LogP) is 2.48. The highest BCUT2D eigenvalue weighted by Gasteiger charge is 2.25. The molecular formula is C20H22N6O3S. The van der Waals surface area contributed by atoms with Gasteiger partial charge in [0.25, 0.3) is 5.91 Å². The van der Waals surface area contributed by atoms with Gasteiger partial charge in [0.05, 0.1) is 10.6 Å². The summed E-state index contributed by atoms with van der Waals surface area (Å²) in [5.74, 6) is -0.353. The van der Waals surface area contributed by atoms with Gasteiger partial charge in [-0.3, -0.25) is 4.79 Å². The number of benzene rings is 2. The van der Waals surface area contributed by atoms with Gasteiger partial charge in [-0.1, -0.05) is 25.0 Å². The highest BCUT2D eigenvalue weighted by atomic mass is 32.2. The molecule has 1 amide bonds. The Morgan fingerprint density at radius 1 is 0.967 bits per heavy atom. The lowest BCUT2D eigenvalue weighted by Gasteiger charge is -2.20. The number of nitrogens with one attached hydrogen (secondary N) is 1. The third kappa shape index (κ3) is 4.39. The Labute approximate surface area is 174 Å². The molecule has 0 unspecified atom stereocenters. The number of nitrogens with zero attached hydrogens (tertiary/aromatic N) is 5. The van der Waals surface area contributed by atoms with Gasteiger partial charge in [0.1, 0.15) is 6.33 Å². The first-order valence-corrected chi connectivity index (χ1v) is 11.2. The summed E-state index contributed by atoms with van der Waals surface area (Å²) in [4.78, 5) is 12.9. The lowest BCUT2D eigenvalue weighted by Crippen LogP contribution is -2.32. The minimum Gasteiger partial charge on any atom is -0.322 e. The van der Waals surface area contributed by atoms with E-state index in [2.05, 4.69) is 20.8 Å². The SMILES string of the molecule is O=C(Nc1cccc(S(=O)(=O)N2CCCCCC2)c1)c1cccc(-n2cnnn2)c1. The lowest BCUT2D eigenvalue weighted by atomic mass is 10.2. The first kappa shape index (κ1) is 20.2. The van der Waals surface area contributed by atoms with E-state index in [0.29, 0.717) is 30.0 Å². The molecule has 0 bridgehead atoms. The smallest absolute Gasteiger partial charge is 0.255 e. The fourth-order valence-electron chi connectivity index (χ4n) is 3.44. The second kappa shape index (κ2) is 8.72. The van der Waals surface area contributed by atoms with Crippen LogP contribution in [0.5, 0.6) is 0 Å². The van der Waals surface area contributed by atoms with Crippen LogP contribution in [0.2, 0.25) is 0 Å². The highest BCUT2D eigenvalue weighted by Crippen LogP contribution is 2.23. The average Bonchev–Trinajstić information content (AvgIpc) is 3.16. The van der Waals surface area contributed by atoms with Gasteiger partial charge in [-0.2, -0.15) is 4.31 Å². The number of tetrazole rings is 1. The number of hydrogen-bond donors (Lipinski definition) is 1. The van der Waals surface area contributed by atoms with Crippen LogP contribution in [0.25, 0.3) is 5.69 Å².